The first-order valence-corrected chi connectivity index (χ1v) is 29.0. The van der Waals surface area contributed by atoms with Gasteiger partial charge in [-0.3, -0.25) is 14.4 Å². The quantitative estimate of drug-likeness (QED) is 0.0261. The van der Waals surface area contributed by atoms with Gasteiger partial charge in [0.15, 0.2) is 6.10 Å². The summed E-state index contributed by atoms with van der Waals surface area (Å²) in [4.78, 5) is 38.2. The minimum absolute atomic E-state index is 0.114. The van der Waals surface area contributed by atoms with Crippen molar-refractivity contribution in [2.45, 2.75) is 258 Å². The number of hydrogen-bond donors (Lipinski definition) is 0. The van der Waals surface area contributed by atoms with Gasteiger partial charge < -0.3 is 14.2 Å². The van der Waals surface area contributed by atoms with Gasteiger partial charge in [-0.05, 0) is 122 Å². The van der Waals surface area contributed by atoms with E-state index in [9.17, 15) is 14.4 Å². The molecule has 402 valence electrons. The normalized spacial score (nSPS) is 13.0. The maximum absolute atomic E-state index is 12.9. The maximum Gasteiger partial charge on any atom is 0.306 e. The first kappa shape index (κ1) is 66.8. The molecule has 0 bridgehead atoms. The van der Waals surface area contributed by atoms with Crippen molar-refractivity contribution in [3.63, 3.8) is 0 Å². The summed E-state index contributed by atoms with van der Waals surface area (Å²) in [5.74, 6) is -1.02. The molecule has 0 saturated carbocycles. The fourth-order valence-corrected chi connectivity index (χ4v) is 7.59. The second kappa shape index (κ2) is 58.4. The van der Waals surface area contributed by atoms with Gasteiger partial charge in [0.25, 0.3) is 0 Å². The van der Waals surface area contributed by atoms with Crippen LogP contribution in [0.4, 0.5) is 0 Å². The molecule has 71 heavy (non-hydrogen) atoms. The van der Waals surface area contributed by atoms with Crippen molar-refractivity contribution in [1.82, 2.24) is 0 Å². The fourth-order valence-electron chi connectivity index (χ4n) is 7.59. The molecule has 0 aromatic heterocycles. The van der Waals surface area contributed by atoms with Crippen LogP contribution < -0.4 is 0 Å². The average Bonchev–Trinajstić information content (AvgIpc) is 3.37. The number of carbonyl (C=O) groups excluding carboxylic acids is 3. The summed E-state index contributed by atoms with van der Waals surface area (Å²) in [6, 6.07) is 0. The van der Waals surface area contributed by atoms with E-state index in [0.29, 0.717) is 19.3 Å². The van der Waals surface area contributed by atoms with Crippen molar-refractivity contribution in [3.05, 3.63) is 122 Å². The van der Waals surface area contributed by atoms with Gasteiger partial charge >= 0.3 is 17.9 Å². The Morgan fingerprint density at radius 2 is 0.577 bits per heavy atom. The van der Waals surface area contributed by atoms with Gasteiger partial charge in [0.1, 0.15) is 13.2 Å². The lowest BCUT2D eigenvalue weighted by Gasteiger charge is -2.18. The van der Waals surface area contributed by atoms with E-state index in [1.807, 2.05) is 6.08 Å². The first-order chi connectivity index (χ1) is 35.0. The summed E-state index contributed by atoms with van der Waals surface area (Å²) in [5.41, 5.74) is 0. The van der Waals surface area contributed by atoms with Gasteiger partial charge in [-0.1, -0.05) is 232 Å². The summed E-state index contributed by atoms with van der Waals surface area (Å²) >= 11 is 0. The second-order valence-corrected chi connectivity index (χ2v) is 18.8. The molecule has 0 N–H and O–H groups in total. The Balaban J connectivity index is 4.55. The zero-order valence-electron chi connectivity index (χ0n) is 45.9. The summed E-state index contributed by atoms with van der Waals surface area (Å²) in [6.07, 6.45) is 80.5. The Labute approximate surface area is 437 Å². The Hall–Kier alpha value is -4.19. The maximum atomic E-state index is 12.9. The summed E-state index contributed by atoms with van der Waals surface area (Å²) in [7, 11) is 0. The molecule has 0 heterocycles. The Morgan fingerprint density at radius 3 is 0.986 bits per heavy atom. The molecule has 0 aliphatic rings. The lowest BCUT2D eigenvalue weighted by atomic mass is 10.1. The topological polar surface area (TPSA) is 78.9 Å². The van der Waals surface area contributed by atoms with Crippen molar-refractivity contribution >= 4 is 17.9 Å². The third-order valence-corrected chi connectivity index (χ3v) is 11.9. The van der Waals surface area contributed by atoms with Crippen LogP contribution in [0.2, 0.25) is 0 Å². The van der Waals surface area contributed by atoms with E-state index in [0.717, 1.165) is 116 Å². The van der Waals surface area contributed by atoms with E-state index in [2.05, 4.69) is 136 Å². The van der Waals surface area contributed by atoms with E-state index < -0.39 is 6.10 Å². The smallest absolute Gasteiger partial charge is 0.306 e. The van der Waals surface area contributed by atoms with Crippen LogP contribution in [0.15, 0.2) is 122 Å². The van der Waals surface area contributed by atoms with Gasteiger partial charge in [-0.15, -0.1) is 0 Å². The SMILES string of the molecule is CC/C=C\C/C=C\C/C=C\C/C=C\C/C=C\C/C=C\CCC(=O)OC[C@@H](COC(=O)CCCCCCC/C=C\CCCCCCCC)OC(=O)CCCCCCCC/C=C\C/C=C\C/C=C\CCCCC. The van der Waals surface area contributed by atoms with Gasteiger partial charge in [0.05, 0.1) is 0 Å². The van der Waals surface area contributed by atoms with Crippen LogP contribution in [0.3, 0.4) is 0 Å². The van der Waals surface area contributed by atoms with Crippen LogP contribution in [0.1, 0.15) is 252 Å². The van der Waals surface area contributed by atoms with Gasteiger partial charge in [-0.25, -0.2) is 0 Å². The number of rotatable bonds is 51. The van der Waals surface area contributed by atoms with Crippen LogP contribution in [0, 0.1) is 0 Å². The lowest BCUT2D eigenvalue weighted by molar-refractivity contribution is -0.166. The Morgan fingerprint density at radius 1 is 0.296 bits per heavy atom. The molecule has 0 rings (SSSR count). The minimum Gasteiger partial charge on any atom is -0.462 e. The van der Waals surface area contributed by atoms with Crippen LogP contribution in [-0.2, 0) is 28.6 Å². The zero-order valence-corrected chi connectivity index (χ0v) is 45.9. The number of ether oxygens (including phenoxy) is 3. The minimum atomic E-state index is -0.823. The van der Waals surface area contributed by atoms with Crippen molar-refractivity contribution in [2.24, 2.45) is 0 Å². The molecule has 0 aliphatic heterocycles. The fraction of sp³-hybridized carbons (Fsp3) is 0.646. The van der Waals surface area contributed by atoms with E-state index in [1.54, 1.807) is 0 Å². The molecule has 0 amide bonds. The molecule has 0 saturated heterocycles. The number of allylic oxidation sites excluding steroid dienone is 20. The molecule has 6 heteroatoms. The molecule has 0 aliphatic carbocycles. The summed E-state index contributed by atoms with van der Waals surface area (Å²) in [6.45, 7) is 6.41. The molecule has 0 aromatic rings. The second-order valence-electron chi connectivity index (χ2n) is 18.8. The third-order valence-electron chi connectivity index (χ3n) is 11.9. The van der Waals surface area contributed by atoms with Gasteiger partial charge in [-0.2, -0.15) is 0 Å². The molecular weight excluding hydrogens is 877 g/mol. The van der Waals surface area contributed by atoms with Crippen LogP contribution in [-0.4, -0.2) is 37.2 Å². The van der Waals surface area contributed by atoms with E-state index in [-0.39, 0.29) is 37.5 Å². The predicted octanol–water partition coefficient (Wildman–Crippen LogP) is 19.6. The lowest BCUT2D eigenvalue weighted by Crippen LogP contribution is -2.30. The highest BCUT2D eigenvalue weighted by molar-refractivity contribution is 5.71. The van der Waals surface area contributed by atoms with Gasteiger partial charge in [0.2, 0.25) is 0 Å². The molecule has 0 spiro atoms. The predicted molar refractivity (Wildman–Crippen MR) is 306 cm³/mol. The number of carbonyl (C=O) groups is 3. The summed E-state index contributed by atoms with van der Waals surface area (Å²) in [5, 5.41) is 0. The zero-order chi connectivity index (χ0) is 51.4. The Bertz CT molecular complexity index is 1500. The van der Waals surface area contributed by atoms with Crippen molar-refractivity contribution in [3.8, 4) is 0 Å². The molecular formula is C65H106O6. The van der Waals surface area contributed by atoms with Crippen LogP contribution in [0.25, 0.3) is 0 Å². The monoisotopic (exact) mass is 983 g/mol. The van der Waals surface area contributed by atoms with E-state index in [4.69, 9.17) is 14.2 Å². The third kappa shape index (κ3) is 56.6. The van der Waals surface area contributed by atoms with E-state index >= 15 is 0 Å². The van der Waals surface area contributed by atoms with Crippen molar-refractivity contribution < 1.29 is 28.6 Å². The highest BCUT2D eigenvalue weighted by Gasteiger charge is 2.19. The number of hydrogen-bond acceptors (Lipinski definition) is 6. The van der Waals surface area contributed by atoms with Gasteiger partial charge in [0, 0.05) is 19.3 Å². The largest absolute Gasteiger partial charge is 0.462 e. The number of unbranched alkanes of at least 4 members (excludes halogenated alkanes) is 20. The van der Waals surface area contributed by atoms with Crippen molar-refractivity contribution in [2.75, 3.05) is 13.2 Å². The Kier molecular flexibility index (Phi) is 54.9. The molecule has 0 radical (unpaired) electrons. The van der Waals surface area contributed by atoms with Crippen LogP contribution >= 0.6 is 0 Å². The average molecular weight is 984 g/mol. The molecule has 0 unspecified atom stereocenters. The molecule has 0 fully saturated rings. The van der Waals surface area contributed by atoms with Crippen LogP contribution in [0.5, 0.6) is 0 Å². The summed E-state index contributed by atoms with van der Waals surface area (Å²) < 4.78 is 16.8. The number of esters is 3. The first-order valence-electron chi connectivity index (χ1n) is 29.0. The molecule has 6 nitrogen and oxygen atoms in total. The molecule has 1 atom stereocenters. The standard InChI is InChI=1S/C65H106O6/c1-4-7-10-13-16-19-22-25-28-30-32-34-37-40-43-46-49-52-55-58-64(67)70-61-62(60-69-63(66)57-54-51-48-45-42-39-36-27-24-21-18-15-12-9-6-3)71-65(68)59-56-53-50-47-44-41-38-35-33-31-29-26-23-20-17-14-11-8-5-2/h7,10,16-17,19-20,25-29,32-36,40,43,49,52,62H,4-6,8-9,11-15,18,21-24,30-31,37-39,41-42,44-48,50-51,53-61H2,1-3H3/b10-7-,19-16-,20-17-,28-25-,29-26-,34-32-,35-33-,36-27-,43-40-,52-49-/t62-/m1/s1. The van der Waals surface area contributed by atoms with Crippen molar-refractivity contribution in [1.29, 1.82) is 0 Å². The molecule has 0 aromatic carbocycles. The van der Waals surface area contributed by atoms with E-state index in [1.165, 1.54) is 89.9 Å². The highest BCUT2D eigenvalue weighted by atomic mass is 16.6. The highest BCUT2D eigenvalue weighted by Crippen LogP contribution is 2.13.